The van der Waals surface area contributed by atoms with Crippen LogP contribution in [0.5, 0.6) is 23.0 Å². The summed E-state index contributed by atoms with van der Waals surface area (Å²) >= 11 is 0. The van der Waals surface area contributed by atoms with Gasteiger partial charge in [0, 0.05) is 121 Å². The first-order valence-corrected chi connectivity index (χ1v) is 48.9. The Hall–Kier alpha value is -15.5. The van der Waals surface area contributed by atoms with Crippen LogP contribution >= 0.6 is 0 Å². The van der Waals surface area contributed by atoms with Crippen LogP contribution in [0.3, 0.4) is 0 Å². The number of nitrogens with zero attached hydrogens (tertiary/aromatic N) is 11. The number of benzene rings is 11. The molecule has 3 aliphatic rings. The Balaban J connectivity index is 0.000000162. The summed E-state index contributed by atoms with van der Waals surface area (Å²) in [5.74, 6) is 4.37. The zero-order chi connectivity index (χ0) is 103. The molecule has 7 heterocycles. The summed E-state index contributed by atoms with van der Waals surface area (Å²) < 4.78 is 23.2. The summed E-state index contributed by atoms with van der Waals surface area (Å²) in [7, 11) is 16.5. The van der Waals surface area contributed by atoms with Gasteiger partial charge in [-0.25, -0.2) is 29.5 Å². The third-order valence-electron chi connectivity index (χ3n) is 24.0. The minimum absolute atomic E-state index is 0.0456. The number of carbonyl (C=O) groups is 6. The van der Waals surface area contributed by atoms with Crippen LogP contribution in [0.25, 0.3) is 89.7 Å². The van der Waals surface area contributed by atoms with Crippen LogP contribution < -0.4 is 52.9 Å². The number of ether oxygens (including phenoxy) is 4. The molecule has 15 aromatic rings. The smallest absolute Gasteiger partial charge is 0.335 e. The van der Waals surface area contributed by atoms with E-state index in [1.807, 2.05) is 117 Å². The molecule has 33 nitrogen and oxygen atoms in total. The number of aldehydes is 3. The van der Waals surface area contributed by atoms with Gasteiger partial charge in [0.15, 0.2) is 0 Å². The quantitative estimate of drug-likeness (QED) is 0.00985. The predicted octanol–water partition coefficient (Wildman–Crippen LogP) is 17.1. The van der Waals surface area contributed by atoms with Gasteiger partial charge in [-0.05, 0) is 254 Å². The first-order valence-electron chi connectivity index (χ1n) is 48.9. The fourth-order valence-electron chi connectivity index (χ4n) is 16.0. The van der Waals surface area contributed by atoms with Crippen molar-refractivity contribution in [3.05, 3.63) is 269 Å². The number of amides is 1. The van der Waals surface area contributed by atoms with Crippen molar-refractivity contribution in [3.63, 3.8) is 0 Å². The molecule has 1 amide bonds. The Kier molecular flexibility index (Phi) is 41.3. The van der Waals surface area contributed by atoms with E-state index in [-0.39, 0.29) is 17.0 Å². The van der Waals surface area contributed by atoms with Gasteiger partial charge >= 0.3 is 11.9 Å². The van der Waals surface area contributed by atoms with Crippen LogP contribution in [0, 0.1) is 0 Å². The second-order valence-electron chi connectivity index (χ2n) is 36.6. The van der Waals surface area contributed by atoms with E-state index in [0.29, 0.717) is 89.3 Å². The first kappa shape index (κ1) is 108. The number of nitrogens with two attached hydrogens (primary N) is 5. The summed E-state index contributed by atoms with van der Waals surface area (Å²) in [6.45, 7) is 15.1. The molecule has 0 unspecified atom stereocenters. The maximum Gasteiger partial charge on any atom is 0.335 e. The number of aromatic nitrogens is 8. The highest BCUT2D eigenvalue weighted by Gasteiger charge is 2.21. The summed E-state index contributed by atoms with van der Waals surface area (Å²) in [5, 5.41) is 20.8. The second-order valence-corrected chi connectivity index (χ2v) is 36.6. The number of carboxylic acids is 2. The zero-order valence-electron chi connectivity index (χ0n) is 84.0. The molecule has 0 saturated carbocycles. The lowest BCUT2D eigenvalue weighted by molar-refractivity contribution is 0.0686. The molecule has 17 N–H and O–H groups in total. The van der Waals surface area contributed by atoms with E-state index < -0.39 is 11.9 Å². The highest BCUT2D eigenvalue weighted by Crippen LogP contribution is 2.35. The standard InChI is InChI=1S/C34H40N6O2.C26H25N5O3.C19H21N3O2.C11H19N3O.C8H6O2.C7H8N2O2.C7H16N2/c1-39(2)16-6-20-42-28-12-14-29-27(21-28)23-31(36-29)24-7-9-25(10-8-24)33-37-30-13-11-26(22-32(30)38-33)34(41)35-15-19-40-17-4-3-5-18-40;1-31(2)12-3-13-34-19-9-11-21-23(15-19)30-25(28-21)17-6-4-16(5-7-17)24-27-20-10-8-18(26(32)33)14-22(20)29-24;1-22(2)10-3-11-24-16-8-9-17-18(12-16)21-19(20-17)15-6-4-14(13-23)5-7-15;1-14(2)6-3-7-15-9-4-5-10(12)11(13)8-9;9-5-7-1-2-8(6-10)4-3-7;8-5-2-1-4(7(10)11)3-6(5)9;8-4-7-9-5-2-1-3-6-9/h7-14,21-22H,3-6,15-20,23H2,1-2H3,(H,35,41)(H,37,38);4-11,14-15H,3,12-13H2,1-2H3,(H,27,29)(H,28,30)(H,32,33);4-9,12-13H,3,10-11H2,1-2H3,(H,20,21);4-5,8H,3,6-7,12-13H2,1-2H3;1-6H;1-3H,8-9H2,(H,10,11);1-8H2. The average Bonchev–Trinajstić information content (AvgIpc) is 1.66. The van der Waals surface area contributed by atoms with Crippen molar-refractivity contribution >= 4 is 115 Å². The molecule has 760 valence electrons. The summed E-state index contributed by atoms with van der Waals surface area (Å²) in [6, 6.07) is 68.1. The number of hydrogen-bond donors (Lipinski definition) is 12. The normalized spacial score (nSPS) is 12.7. The zero-order valence-corrected chi connectivity index (χ0v) is 84.0. The molecule has 2 fully saturated rings. The van der Waals surface area contributed by atoms with Crippen molar-refractivity contribution in [2.45, 2.75) is 70.6 Å². The van der Waals surface area contributed by atoms with Gasteiger partial charge in [0.1, 0.15) is 65.2 Å². The molecule has 0 bridgehead atoms. The molecule has 18 rings (SSSR count). The number of rotatable bonds is 36. The minimum Gasteiger partial charge on any atom is -0.494 e. The van der Waals surface area contributed by atoms with E-state index in [9.17, 15) is 33.9 Å². The molecule has 0 radical (unpaired) electrons. The highest BCUT2D eigenvalue weighted by molar-refractivity contribution is 6.07. The molecular weight excluding hydrogens is 1830 g/mol. The van der Waals surface area contributed by atoms with Crippen molar-refractivity contribution in [2.24, 2.45) is 10.7 Å². The van der Waals surface area contributed by atoms with Gasteiger partial charge < -0.3 is 112 Å². The van der Waals surface area contributed by atoms with Crippen molar-refractivity contribution in [3.8, 4) is 68.5 Å². The Morgan fingerprint density at radius 1 is 0.372 bits per heavy atom. The topological polar surface area (TPSA) is 468 Å². The van der Waals surface area contributed by atoms with Gasteiger partial charge in [0.05, 0.1) is 116 Å². The lowest BCUT2D eigenvalue weighted by Gasteiger charge is -2.26. The van der Waals surface area contributed by atoms with Gasteiger partial charge in [-0.3, -0.25) is 24.2 Å². The number of hydrogen-bond acceptors (Lipinski definition) is 26. The Morgan fingerprint density at radius 2 is 0.697 bits per heavy atom. The average molecular weight is 1970 g/mol. The molecule has 33 heteroatoms. The lowest BCUT2D eigenvalue weighted by Crippen LogP contribution is -2.37. The number of piperidine rings is 2. The van der Waals surface area contributed by atoms with Gasteiger partial charge in [-0.15, -0.1) is 0 Å². The number of fused-ring (bicyclic) bond motifs is 5. The summed E-state index contributed by atoms with van der Waals surface area (Å²) in [6.07, 6.45) is 15.1. The van der Waals surface area contributed by atoms with Crippen LogP contribution in [0.1, 0.15) is 137 Å². The number of carboxylic acid groups (broad SMARTS) is 2. The van der Waals surface area contributed by atoms with E-state index in [0.717, 1.165) is 228 Å². The number of aromatic amines is 4. The predicted molar refractivity (Wildman–Crippen MR) is 580 cm³/mol. The van der Waals surface area contributed by atoms with Crippen LogP contribution in [0.4, 0.5) is 28.4 Å². The van der Waals surface area contributed by atoms with E-state index in [1.54, 1.807) is 66.7 Å². The maximum atomic E-state index is 12.8. The third kappa shape index (κ3) is 33.8. The molecular formula is C112H135N21O12. The molecule has 0 aliphatic carbocycles. The largest absolute Gasteiger partial charge is 0.494 e. The molecule has 4 aromatic heterocycles. The molecule has 145 heavy (non-hydrogen) atoms. The van der Waals surface area contributed by atoms with E-state index in [4.69, 9.17) is 67.7 Å². The molecule has 11 aromatic carbocycles. The number of nitrogen functional groups attached to an aromatic ring is 4. The van der Waals surface area contributed by atoms with Gasteiger partial charge in [-0.2, -0.15) is 0 Å². The van der Waals surface area contributed by atoms with E-state index in [2.05, 4.69) is 143 Å². The number of imidazole rings is 4. The lowest BCUT2D eigenvalue weighted by atomic mass is 10.0. The molecule has 2 saturated heterocycles. The van der Waals surface area contributed by atoms with Gasteiger partial charge in [0.25, 0.3) is 5.91 Å². The SMILES string of the molecule is CN(C)CCCOc1ccc(N)c(N)c1.CN(C)CCCOc1ccc2c(c1)CC(c1ccc(-c3nc4ccc(C(=O)NCCN5CCCCC5)cc4[nH]3)cc1)=N2.CN(C)CCCOc1ccc2nc(-c3ccc(-c4nc5ccc(C(=O)O)cc5[nH]4)cc3)[nH]c2c1.CN(C)CCCOc1ccc2nc(-c3ccc(C=O)cc3)[nH]c2c1.NCCN1CCCCC1.Nc1ccc(C(=O)O)cc1N.O=Cc1ccc(C=O)cc1. The fraction of sp³-hybridized carbons (Fsp3) is 0.312. The maximum absolute atomic E-state index is 12.8. The van der Waals surface area contributed by atoms with Gasteiger partial charge in [-0.1, -0.05) is 110 Å². The fourth-order valence-corrected chi connectivity index (χ4v) is 16.0. The molecule has 0 spiro atoms. The van der Waals surface area contributed by atoms with Crippen molar-refractivity contribution in [1.29, 1.82) is 0 Å². The summed E-state index contributed by atoms with van der Waals surface area (Å²) in [5.41, 5.74) is 47.0. The number of nitrogens with one attached hydrogen (secondary N) is 5. The van der Waals surface area contributed by atoms with Gasteiger partial charge in [0.2, 0.25) is 0 Å². The molecule has 0 atom stereocenters. The summed E-state index contributed by atoms with van der Waals surface area (Å²) in [4.78, 5) is 116. The third-order valence-corrected chi connectivity index (χ3v) is 24.0. The van der Waals surface area contributed by atoms with E-state index >= 15 is 0 Å². The number of carbonyl (C=O) groups excluding carboxylic acids is 4. The monoisotopic (exact) mass is 1970 g/mol. The number of aliphatic imine (C=N–C) groups is 1. The highest BCUT2D eigenvalue weighted by atomic mass is 16.5. The molecule has 3 aliphatic heterocycles. The second kappa shape index (κ2) is 55.2. The Morgan fingerprint density at radius 3 is 1.09 bits per heavy atom. The minimum atomic E-state index is -1.00. The van der Waals surface area contributed by atoms with Crippen molar-refractivity contribution in [2.75, 3.05) is 184 Å². The van der Waals surface area contributed by atoms with Crippen LogP contribution in [0.15, 0.2) is 229 Å². The number of H-pyrrole nitrogens is 4. The van der Waals surface area contributed by atoms with Crippen LogP contribution in [-0.2, 0) is 6.42 Å². The van der Waals surface area contributed by atoms with Crippen LogP contribution in [-0.4, -0.2) is 283 Å². The Labute approximate surface area is 846 Å². The van der Waals surface area contributed by atoms with Crippen molar-refractivity contribution in [1.82, 2.24) is 74.6 Å². The first-order chi connectivity index (χ1) is 70.1. The van der Waals surface area contributed by atoms with Crippen LogP contribution in [0.2, 0.25) is 0 Å². The number of anilines is 4. The van der Waals surface area contributed by atoms with E-state index in [1.165, 1.54) is 75.4 Å². The number of aromatic carboxylic acids is 2. The Bertz CT molecular complexity index is 6710. The van der Waals surface area contributed by atoms with Crippen molar-refractivity contribution < 1.29 is 57.9 Å². The number of likely N-dealkylation sites (tertiary alicyclic amines) is 2.